The van der Waals surface area contributed by atoms with Crippen LogP contribution in [0.25, 0.3) is 151 Å². The standard InChI is InChI=1S/C75H45F6N7O2/c1-3-5-21-43(4-2)68-82-71(46-26-13-8-14-27-46)87-73(86-68)54-37-36-47(72-84-69(44-22-9-6-10-23-44)83-70(85-72)45-24-11-7-12-25-45)38-61(54)88-62-41-59(74(76,77)78)55(52-32-19-30-50-48-28-15-17-34-64(48)89-66(50)52)39-57(62)58-40-56(60(42-63(58)88)75(79,80)81)53-33-20-31-51-49-29-16-18-35-65(49)90-67(51)53/h2-3,5-15,17-28,30-42H,16,29H2,1H3/b5-3-,43-21+. The summed E-state index contributed by atoms with van der Waals surface area (Å²) in [4.78, 5) is 29.9. The smallest absolute Gasteiger partial charge is 0.417 e. The Kier molecular flexibility index (Phi) is 13.3. The van der Waals surface area contributed by atoms with Gasteiger partial charge in [-0.3, -0.25) is 0 Å². The van der Waals surface area contributed by atoms with Gasteiger partial charge in [-0.1, -0.05) is 176 Å². The summed E-state index contributed by atoms with van der Waals surface area (Å²) in [5.74, 6) is 4.23. The van der Waals surface area contributed by atoms with Crippen LogP contribution < -0.4 is 0 Å². The lowest BCUT2D eigenvalue weighted by molar-refractivity contribution is -0.137. The Morgan fingerprint density at radius 1 is 0.489 bits per heavy atom. The fourth-order valence-corrected chi connectivity index (χ4v) is 12.1. The van der Waals surface area contributed by atoms with Crippen LogP contribution in [0.3, 0.4) is 0 Å². The molecule has 0 saturated heterocycles. The zero-order chi connectivity index (χ0) is 61.4. The number of alkyl halides is 6. The second-order valence-corrected chi connectivity index (χ2v) is 21.7. The number of allylic oxidation sites excluding steroid dienone is 5. The molecule has 9 aromatic carbocycles. The third-order valence-corrected chi connectivity index (χ3v) is 16.3. The average molecular weight is 1190 g/mol. The van der Waals surface area contributed by atoms with Gasteiger partial charge in [0, 0.05) is 71.4 Å². The van der Waals surface area contributed by atoms with Crippen molar-refractivity contribution in [3.8, 4) is 97.2 Å². The third kappa shape index (κ3) is 9.57. The maximum Gasteiger partial charge on any atom is 0.417 e. The molecule has 0 bridgehead atoms. The van der Waals surface area contributed by atoms with E-state index in [1.54, 1.807) is 91.0 Å². The topological polar surface area (TPSA) is 109 Å². The predicted molar refractivity (Wildman–Crippen MR) is 342 cm³/mol. The highest BCUT2D eigenvalue weighted by Crippen LogP contribution is 2.50. The van der Waals surface area contributed by atoms with Crippen LogP contribution in [0.2, 0.25) is 0 Å². The first kappa shape index (κ1) is 55.1. The lowest BCUT2D eigenvalue weighted by atomic mass is 9.92. The van der Waals surface area contributed by atoms with Crippen LogP contribution in [0.15, 0.2) is 227 Å². The molecule has 0 unspecified atom stereocenters. The van der Waals surface area contributed by atoms with Gasteiger partial charge in [-0.25, -0.2) is 29.9 Å². The van der Waals surface area contributed by atoms with Gasteiger partial charge in [0.25, 0.3) is 0 Å². The number of fused-ring (bicyclic) bond motifs is 9. The van der Waals surface area contributed by atoms with Gasteiger partial charge in [0.05, 0.1) is 33.4 Å². The van der Waals surface area contributed by atoms with Gasteiger partial charge in [0.15, 0.2) is 34.9 Å². The summed E-state index contributed by atoms with van der Waals surface area (Å²) in [6.45, 7) is 1.82. The minimum Gasteiger partial charge on any atom is -0.456 e. The van der Waals surface area contributed by atoms with E-state index in [1.807, 2.05) is 116 Å². The number of furan rings is 2. The summed E-state index contributed by atoms with van der Waals surface area (Å²) >= 11 is 0. The highest BCUT2D eigenvalue weighted by Gasteiger charge is 2.39. The molecule has 1 aliphatic rings. The van der Waals surface area contributed by atoms with E-state index < -0.39 is 23.5 Å². The van der Waals surface area contributed by atoms with E-state index in [4.69, 9.17) is 45.2 Å². The number of benzene rings is 9. The van der Waals surface area contributed by atoms with E-state index >= 15 is 26.3 Å². The van der Waals surface area contributed by atoms with Crippen molar-refractivity contribution in [2.75, 3.05) is 0 Å². The van der Waals surface area contributed by atoms with E-state index in [0.29, 0.717) is 74.2 Å². The van der Waals surface area contributed by atoms with Gasteiger partial charge in [0.1, 0.15) is 22.5 Å². The first-order chi connectivity index (χ1) is 43.8. The number of nitrogens with zero attached hydrogens (tertiary/aromatic N) is 7. The second-order valence-electron chi connectivity index (χ2n) is 21.7. The molecule has 5 heterocycles. The first-order valence-corrected chi connectivity index (χ1v) is 28.9. The molecule has 90 heavy (non-hydrogen) atoms. The zero-order valence-electron chi connectivity index (χ0n) is 47.6. The van der Waals surface area contributed by atoms with Crippen molar-refractivity contribution in [3.05, 3.63) is 247 Å². The molecule has 9 nitrogen and oxygen atoms in total. The van der Waals surface area contributed by atoms with Crippen molar-refractivity contribution >= 4 is 66.4 Å². The van der Waals surface area contributed by atoms with Gasteiger partial charge in [-0.05, 0) is 85.5 Å². The molecule has 15 rings (SSSR count). The number of hydrogen-bond acceptors (Lipinski definition) is 8. The molecule has 0 amide bonds. The SMILES string of the molecule is C#C/C(=C\C=C/C)c1nc(-c2ccccc2)nc(-c2ccc(-c3nc(-c4ccccc4)nc(-c4ccccc4)n3)cc2-n2c3cc(C(F)(F)F)c(-c4cccc5c6c(oc45)C=CCC6)cc3c3cc(-c4cccc5c4oc4ccccc45)c(C(F)(F)F)cc32)n1. The highest BCUT2D eigenvalue weighted by atomic mass is 19.4. The number of terminal acetylenes is 1. The lowest BCUT2D eigenvalue weighted by Gasteiger charge is -2.19. The molecular formula is C75H45F6N7O2. The van der Waals surface area contributed by atoms with Gasteiger partial charge >= 0.3 is 12.4 Å². The van der Waals surface area contributed by atoms with Crippen molar-refractivity contribution in [3.63, 3.8) is 0 Å². The van der Waals surface area contributed by atoms with Gasteiger partial charge in [0.2, 0.25) is 0 Å². The minimum absolute atomic E-state index is 0.0120. The third-order valence-electron chi connectivity index (χ3n) is 16.3. The maximum atomic E-state index is 16.6. The minimum atomic E-state index is -5.06. The van der Waals surface area contributed by atoms with E-state index in [1.165, 1.54) is 16.7 Å². The Labute approximate surface area is 509 Å². The lowest BCUT2D eigenvalue weighted by Crippen LogP contribution is -2.09. The van der Waals surface area contributed by atoms with Crippen LogP contribution >= 0.6 is 0 Å². The van der Waals surface area contributed by atoms with Crippen LogP contribution in [0.4, 0.5) is 26.3 Å². The summed E-state index contributed by atoms with van der Waals surface area (Å²) in [7, 11) is 0. The Balaban J connectivity index is 1.10. The molecule has 0 fully saturated rings. The molecule has 1 aliphatic carbocycles. The summed E-state index contributed by atoms with van der Waals surface area (Å²) in [5.41, 5.74) is 1.82. The van der Waals surface area contributed by atoms with Gasteiger partial charge in [-0.15, -0.1) is 6.42 Å². The average Bonchev–Trinajstić information content (AvgIpc) is 1.54. The van der Waals surface area contributed by atoms with E-state index in [9.17, 15) is 0 Å². The number of aromatic nitrogens is 7. The molecule has 434 valence electrons. The van der Waals surface area contributed by atoms with Crippen LogP contribution in [0, 0.1) is 12.3 Å². The van der Waals surface area contributed by atoms with Crippen LogP contribution in [0.1, 0.15) is 41.6 Å². The summed E-state index contributed by atoms with van der Waals surface area (Å²) in [5, 5.41) is 2.27. The number of aryl methyl sites for hydroxylation is 1. The van der Waals surface area contributed by atoms with Crippen molar-refractivity contribution in [2.24, 2.45) is 0 Å². The van der Waals surface area contributed by atoms with Crippen LogP contribution in [-0.2, 0) is 18.8 Å². The van der Waals surface area contributed by atoms with Gasteiger partial charge < -0.3 is 13.4 Å². The summed E-state index contributed by atoms with van der Waals surface area (Å²) in [6, 6.07) is 54.6. The molecule has 5 aromatic heterocycles. The fourth-order valence-electron chi connectivity index (χ4n) is 12.1. The molecular weight excluding hydrogens is 1140 g/mol. The number of halogens is 6. The molecule has 15 heteroatoms. The molecule has 14 aromatic rings. The molecule has 0 atom stereocenters. The second kappa shape index (κ2) is 21.7. The summed E-state index contributed by atoms with van der Waals surface area (Å²) in [6.07, 6.45) is 6.36. The predicted octanol–water partition coefficient (Wildman–Crippen LogP) is 20.1. The van der Waals surface area contributed by atoms with Crippen molar-refractivity contribution < 1.29 is 35.2 Å². The van der Waals surface area contributed by atoms with E-state index in [-0.39, 0.29) is 95.3 Å². The monoisotopic (exact) mass is 1190 g/mol. The van der Waals surface area contributed by atoms with E-state index in [0.717, 1.165) is 17.7 Å². The number of hydrogen-bond donors (Lipinski definition) is 0. The highest BCUT2D eigenvalue weighted by molar-refractivity contribution is 6.16. The van der Waals surface area contributed by atoms with Crippen molar-refractivity contribution in [1.82, 2.24) is 34.5 Å². The van der Waals surface area contributed by atoms with Crippen LogP contribution in [0.5, 0.6) is 0 Å². The van der Waals surface area contributed by atoms with Crippen LogP contribution in [-0.4, -0.2) is 34.5 Å². The molecule has 0 spiro atoms. The van der Waals surface area contributed by atoms with E-state index in [2.05, 4.69) is 5.92 Å². The molecule has 0 N–H and O–H groups in total. The Morgan fingerprint density at radius 2 is 1.00 bits per heavy atom. The summed E-state index contributed by atoms with van der Waals surface area (Å²) < 4.78 is 114. The quantitative estimate of drug-likeness (QED) is 0.0757. The number of para-hydroxylation sites is 3. The molecule has 0 radical (unpaired) electrons. The Hall–Kier alpha value is -11.5. The zero-order valence-corrected chi connectivity index (χ0v) is 47.6. The first-order valence-electron chi connectivity index (χ1n) is 28.9. The normalized spacial score (nSPS) is 12.9. The van der Waals surface area contributed by atoms with Crippen molar-refractivity contribution in [1.29, 1.82) is 0 Å². The molecule has 0 saturated carbocycles. The molecule has 0 aliphatic heterocycles. The number of rotatable bonds is 10. The Bertz CT molecular complexity index is 5310. The van der Waals surface area contributed by atoms with Gasteiger partial charge in [-0.2, -0.15) is 26.3 Å². The largest absolute Gasteiger partial charge is 0.456 e. The maximum absolute atomic E-state index is 16.6. The fraction of sp³-hybridized carbons (Fsp3) is 0.0667. The van der Waals surface area contributed by atoms with Crippen molar-refractivity contribution in [2.45, 2.75) is 32.1 Å². The Morgan fingerprint density at radius 3 is 1.58 bits per heavy atom.